The Labute approximate surface area is 208 Å². The van der Waals surface area contributed by atoms with E-state index in [2.05, 4.69) is 21.3 Å². The van der Waals surface area contributed by atoms with Crippen molar-refractivity contribution < 1.29 is 38.1 Å². The van der Waals surface area contributed by atoms with Crippen LogP contribution in [0.3, 0.4) is 0 Å². The summed E-state index contributed by atoms with van der Waals surface area (Å²) in [4.78, 5) is 45.7. The van der Waals surface area contributed by atoms with Crippen molar-refractivity contribution in [2.75, 3.05) is 79.5 Å². The number of hydrogen-bond donors (Lipinski definition) is 4. The molecule has 0 aliphatic heterocycles. The normalized spacial score (nSPS) is 11.6. The highest BCUT2D eigenvalue weighted by atomic mass is 16.5. The molecule has 0 aromatic heterocycles. The number of carbonyl (C=O) groups excluding carboxylic acids is 4. The van der Waals surface area contributed by atoms with E-state index in [1.165, 1.54) is 0 Å². The molecule has 0 aliphatic carbocycles. The molecule has 0 aromatic carbocycles. The van der Waals surface area contributed by atoms with Gasteiger partial charge in [-0.1, -0.05) is 6.92 Å². The fourth-order valence-corrected chi connectivity index (χ4v) is 2.77. The van der Waals surface area contributed by atoms with Crippen LogP contribution in [0.15, 0.2) is 0 Å². The SMILES string of the molecule is CCC(=O)NCCOCCOCC(=O)NCCOCCOCC(=O)NCCCCC(NC)C(C)=O. The molecule has 0 aromatic rings. The number of ketones is 1. The average Bonchev–Trinajstić information content (AvgIpc) is 2.84. The van der Waals surface area contributed by atoms with Crippen LogP contribution in [0.1, 0.15) is 39.5 Å². The first-order valence-electron chi connectivity index (χ1n) is 12.2. The molecule has 35 heavy (non-hydrogen) atoms. The first-order chi connectivity index (χ1) is 16.9. The molecule has 0 rings (SSSR count). The fourth-order valence-electron chi connectivity index (χ4n) is 2.77. The minimum atomic E-state index is -0.250. The summed E-state index contributed by atoms with van der Waals surface area (Å²) in [5.41, 5.74) is 0. The second kappa shape index (κ2) is 23.6. The Bertz CT molecular complexity index is 592. The van der Waals surface area contributed by atoms with Gasteiger partial charge in [0, 0.05) is 26.1 Å². The summed E-state index contributed by atoms with van der Waals surface area (Å²) in [5.74, 6) is -0.343. The summed E-state index contributed by atoms with van der Waals surface area (Å²) in [7, 11) is 1.77. The second-order valence-corrected chi connectivity index (χ2v) is 7.68. The number of Topliss-reactive ketones (excluding diaryl/α,β-unsaturated/α-hetero) is 1. The lowest BCUT2D eigenvalue weighted by molar-refractivity contribution is -0.127. The van der Waals surface area contributed by atoms with Gasteiger partial charge in [-0.05, 0) is 33.2 Å². The van der Waals surface area contributed by atoms with E-state index in [0.29, 0.717) is 52.5 Å². The minimum Gasteiger partial charge on any atom is -0.377 e. The molecule has 0 aliphatic rings. The van der Waals surface area contributed by atoms with Crippen LogP contribution in [0.2, 0.25) is 0 Å². The van der Waals surface area contributed by atoms with Crippen LogP contribution in [0.25, 0.3) is 0 Å². The zero-order valence-corrected chi connectivity index (χ0v) is 21.4. The third-order valence-corrected chi connectivity index (χ3v) is 4.75. The molecule has 1 unspecified atom stereocenters. The van der Waals surface area contributed by atoms with Gasteiger partial charge in [0.05, 0.1) is 45.7 Å². The van der Waals surface area contributed by atoms with E-state index >= 15 is 0 Å². The highest BCUT2D eigenvalue weighted by Gasteiger charge is 2.10. The summed E-state index contributed by atoms with van der Waals surface area (Å²) in [6, 6.07) is -0.126. The van der Waals surface area contributed by atoms with Crippen molar-refractivity contribution in [3.8, 4) is 0 Å². The number of hydrogen-bond acceptors (Lipinski definition) is 9. The summed E-state index contributed by atoms with van der Waals surface area (Å²) in [5, 5.41) is 11.1. The van der Waals surface area contributed by atoms with E-state index in [4.69, 9.17) is 18.9 Å². The average molecular weight is 505 g/mol. The van der Waals surface area contributed by atoms with Gasteiger partial charge in [0.15, 0.2) is 0 Å². The fraction of sp³-hybridized carbons (Fsp3) is 0.826. The Kier molecular flexibility index (Phi) is 22.2. The first kappa shape index (κ1) is 32.9. The second-order valence-electron chi connectivity index (χ2n) is 7.68. The molecule has 12 nitrogen and oxygen atoms in total. The van der Waals surface area contributed by atoms with E-state index in [0.717, 1.165) is 19.3 Å². The van der Waals surface area contributed by atoms with Crippen LogP contribution in [0.4, 0.5) is 0 Å². The highest BCUT2D eigenvalue weighted by molar-refractivity contribution is 5.81. The highest BCUT2D eigenvalue weighted by Crippen LogP contribution is 2.01. The first-order valence-corrected chi connectivity index (χ1v) is 12.2. The van der Waals surface area contributed by atoms with Crippen molar-refractivity contribution in [3.63, 3.8) is 0 Å². The summed E-state index contributed by atoms with van der Waals surface area (Å²) >= 11 is 0. The third kappa shape index (κ3) is 22.1. The van der Waals surface area contributed by atoms with Gasteiger partial charge in [-0.15, -0.1) is 0 Å². The molecule has 0 fully saturated rings. The van der Waals surface area contributed by atoms with Gasteiger partial charge < -0.3 is 40.2 Å². The van der Waals surface area contributed by atoms with Crippen LogP contribution in [0.5, 0.6) is 0 Å². The zero-order chi connectivity index (χ0) is 26.2. The van der Waals surface area contributed by atoms with Gasteiger partial charge in [0.25, 0.3) is 0 Å². The molecule has 0 bridgehead atoms. The number of unbranched alkanes of at least 4 members (excludes halogenated alkanes) is 1. The lowest BCUT2D eigenvalue weighted by Crippen LogP contribution is -2.33. The molecule has 0 saturated carbocycles. The van der Waals surface area contributed by atoms with Crippen molar-refractivity contribution in [1.29, 1.82) is 0 Å². The molecule has 204 valence electrons. The van der Waals surface area contributed by atoms with Gasteiger partial charge in [-0.2, -0.15) is 0 Å². The maximum Gasteiger partial charge on any atom is 0.246 e. The molecule has 0 spiro atoms. The lowest BCUT2D eigenvalue weighted by atomic mass is 10.1. The molecule has 4 N–H and O–H groups in total. The van der Waals surface area contributed by atoms with Crippen molar-refractivity contribution in [1.82, 2.24) is 21.3 Å². The van der Waals surface area contributed by atoms with Crippen LogP contribution in [0, 0.1) is 0 Å². The molecule has 3 amide bonds. The Hall–Kier alpha value is -2.12. The third-order valence-electron chi connectivity index (χ3n) is 4.75. The molecular weight excluding hydrogens is 460 g/mol. The van der Waals surface area contributed by atoms with Crippen molar-refractivity contribution in [3.05, 3.63) is 0 Å². The maximum atomic E-state index is 11.7. The number of carbonyl (C=O) groups is 4. The standard InChI is InChI=1S/C23H44N4O8/c1-4-21(29)26-9-11-32-13-16-35-18-23(31)27-10-12-33-14-15-34-17-22(30)25-8-6-5-7-20(24-3)19(2)28/h20,24H,4-18H2,1-3H3,(H,25,30)(H,26,29)(H,27,31). The van der Waals surface area contributed by atoms with E-state index < -0.39 is 0 Å². The number of amides is 3. The monoisotopic (exact) mass is 504 g/mol. The number of nitrogens with one attached hydrogen (secondary N) is 4. The zero-order valence-electron chi connectivity index (χ0n) is 21.4. The van der Waals surface area contributed by atoms with Crippen LogP contribution >= 0.6 is 0 Å². The Morgan fingerprint density at radius 3 is 1.63 bits per heavy atom. The van der Waals surface area contributed by atoms with Gasteiger partial charge in [0.1, 0.15) is 19.0 Å². The summed E-state index contributed by atoms with van der Waals surface area (Å²) < 4.78 is 21.1. The summed E-state index contributed by atoms with van der Waals surface area (Å²) in [6.07, 6.45) is 2.84. The van der Waals surface area contributed by atoms with Crippen LogP contribution in [-0.2, 0) is 38.1 Å². The largest absolute Gasteiger partial charge is 0.377 e. The number of likely N-dealkylation sites (N-methyl/N-ethyl adjacent to an activating group) is 1. The molecule has 0 heterocycles. The van der Waals surface area contributed by atoms with Gasteiger partial charge in [-0.25, -0.2) is 0 Å². The van der Waals surface area contributed by atoms with E-state index in [1.54, 1.807) is 20.9 Å². The molecule has 0 saturated heterocycles. The predicted molar refractivity (Wildman–Crippen MR) is 130 cm³/mol. The summed E-state index contributed by atoms with van der Waals surface area (Å²) in [6.45, 7) is 6.50. The van der Waals surface area contributed by atoms with E-state index in [-0.39, 0.29) is 56.0 Å². The minimum absolute atomic E-state index is 0.0190. The number of ether oxygens (including phenoxy) is 4. The Balaban J connectivity index is 3.39. The van der Waals surface area contributed by atoms with Crippen molar-refractivity contribution in [2.24, 2.45) is 0 Å². The lowest BCUT2D eigenvalue weighted by Gasteiger charge is -2.12. The maximum absolute atomic E-state index is 11.7. The van der Waals surface area contributed by atoms with E-state index in [9.17, 15) is 19.2 Å². The van der Waals surface area contributed by atoms with Crippen molar-refractivity contribution in [2.45, 2.75) is 45.6 Å². The van der Waals surface area contributed by atoms with Gasteiger partial charge in [0.2, 0.25) is 17.7 Å². The topological polar surface area (TPSA) is 153 Å². The smallest absolute Gasteiger partial charge is 0.246 e. The molecule has 1 atom stereocenters. The number of rotatable bonds is 24. The van der Waals surface area contributed by atoms with Gasteiger partial charge >= 0.3 is 0 Å². The predicted octanol–water partition coefficient (Wildman–Crippen LogP) is -0.841. The van der Waals surface area contributed by atoms with Crippen LogP contribution < -0.4 is 21.3 Å². The van der Waals surface area contributed by atoms with E-state index in [1.807, 2.05) is 0 Å². The molecule has 12 heteroatoms. The van der Waals surface area contributed by atoms with Crippen molar-refractivity contribution >= 4 is 23.5 Å². The molecular formula is C23H44N4O8. The van der Waals surface area contributed by atoms with Gasteiger partial charge in [-0.3, -0.25) is 19.2 Å². The molecule has 0 radical (unpaired) electrons. The Morgan fingerprint density at radius 2 is 1.14 bits per heavy atom. The quantitative estimate of drug-likeness (QED) is 0.123. The Morgan fingerprint density at radius 1 is 0.657 bits per heavy atom. The van der Waals surface area contributed by atoms with Crippen LogP contribution in [-0.4, -0.2) is 109 Å².